The van der Waals surface area contributed by atoms with E-state index >= 15 is 0 Å². The van der Waals surface area contributed by atoms with Crippen molar-refractivity contribution in [2.45, 2.75) is 31.2 Å². The molecule has 0 saturated carbocycles. The van der Waals surface area contributed by atoms with Gasteiger partial charge in [-0.15, -0.1) is 12.4 Å². The van der Waals surface area contributed by atoms with Crippen LogP contribution in [0.1, 0.15) is 18.9 Å². The third-order valence-electron chi connectivity index (χ3n) is 2.32. The average Bonchev–Trinajstić information content (AvgIpc) is 2.15. The van der Waals surface area contributed by atoms with E-state index in [1.807, 2.05) is 0 Å². The van der Waals surface area contributed by atoms with Gasteiger partial charge in [0.05, 0.1) is 4.90 Å². The Morgan fingerprint density at radius 3 is 2.56 bits per heavy atom. The van der Waals surface area contributed by atoms with Gasteiger partial charge < -0.3 is 5.73 Å². The fraction of sp³-hybridized carbons (Fsp3) is 0.455. The molecule has 0 fully saturated rings. The molecule has 1 unspecified atom stereocenters. The van der Waals surface area contributed by atoms with Gasteiger partial charge in [0, 0.05) is 12.6 Å². The van der Waals surface area contributed by atoms with E-state index in [0.29, 0.717) is 12.0 Å². The van der Waals surface area contributed by atoms with Crippen LogP contribution in [0.2, 0.25) is 0 Å². The van der Waals surface area contributed by atoms with Crippen LogP contribution in [0.4, 0.5) is 4.39 Å². The highest BCUT2D eigenvalue weighted by atomic mass is 35.5. The van der Waals surface area contributed by atoms with Crippen molar-refractivity contribution in [2.24, 2.45) is 5.73 Å². The lowest BCUT2D eigenvalue weighted by Gasteiger charge is -2.10. The predicted octanol–water partition coefficient (Wildman–Crippen LogP) is 1.57. The van der Waals surface area contributed by atoms with Gasteiger partial charge in [-0.25, -0.2) is 17.5 Å². The van der Waals surface area contributed by atoms with Gasteiger partial charge in [0.25, 0.3) is 0 Å². The van der Waals surface area contributed by atoms with Crippen LogP contribution in [0.5, 0.6) is 0 Å². The number of sulfonamides is 1. The normalized spacial score (nSPS) is 12.9. The lowest BCUT2D eigenvalue weighted by Crippen LogP contribution is -2.29. The summed E-state index contributed by atoms with van der Waals surface area (Å²) in [5.41, 5.74) is 5.91. The maximum Gasteiger partial charge on any atom is 0.240 e. The molecule has 104 valence electrons. The molecule has 0 aromatic heterocycles. The monoisotopic (exact) mass is 296 g/mol. The Morgan fingerprint density at radius 2 is 2.06 bits per heavy atom. The molecule has 0 aliphatic rings. The van der Waals surface area contributed by atoms with E-state index in [-0.39, 0.29) is 29.9 Å². The first-order valence-electron chi connectivity index (χ1n) is 5.34. The van der Waals surface area contributed by atoms with Crippen molar-refractivity contribution in [3.05, 3.63) is 29.6 Å². The van der Waals surface area contributed by atoms with Crippen LogP contribution in [0.15, 0.2) is 23.1 Å². The molecule has 1 aromatic carbocycles. The second kappa shape index (κ2) is 7.04. The Morgan fingerprint density at radius 1 is 1.44 bits per heavy atom. The van der Waals surface area contributed by atoms with Crippen molar-refractivity contribution in [2.75, 3.05) is 6.54 Å². The Kier molecular flexibility index (Phi) is 6.77. The highest BCUT2D eigenvalue weighted by molar-refractivity contribution is 7.89. The smallest absolute Gasteiger partial charge is 0.240 e. The van der Waals surface area contributed by atoms with E-state index < -0.39 is 15.8 Å². The zero-order valence-electron chi connectivity index (χ0n) is 10.3. The number of nitrogens with one attached hydrogen (secondary N) is 1. The minimum absolute atomic E-state index is 0. The molecule has 0 radical (unpaired) electrons. The van der Waals surface area contributed by atoms with Crippen molar-refractivity contribution in [3.8, 4) is 0 Å². The number of aryl methyl sites for hydroxylation is 1. The van der Waals surface area contributed by atoms with Crippen LogP contribution in [0.3, 0.4) is 0 Å². The third kappa shape index (κ3) is 4.89. The zero-order valence-corrected chi connectivity index (χ0v) is 11.9. The Labute approximate surface area is 113 Å². The number of rotatable bonds is 5. The third-order valence-corrected chi connectivity index (χ3v) is 3.94. The van der Waals surface area contributed by atoms with E-state index in [0.717, 1.165) is 6.07 Å². The first-order valence-corrected chi connectivity index (χ1v) is 6.82. The van der Waals surface area contributed by atoms with E-state index in [1.165, 1.54) is 12.1 Å². The Bertz CT molecular complexity index is 492. The summed E-state index contributed by atoms with van der Waals surface area (Å²) < 4.78 is 39.0. The molecule has 0 amide bonds. The number of benzene rings is 1. The molecule has 0 bridgehead atoms. The molecule has 0 aliphatic heterocycles. The fourth-order valence-corrected chi connectivity index (χ4v) is 2.69. The maximum atomic E-state index is 12.9. The van der Waals surface area contributed by atoms with Crippen molar-refractivity contribution in [1.82, 2.24) is 4.72 Å². The number of hydrogen-bond acceptors (Lipinski definition) is 3. The highest BCUT2D eigenvalue weighted by Gasteiger charge is 2.16. The largest absolute Gasteiger partial charge is 0.328 e. The molecule has 0 heterocycles. The average molecular weight is 297 g/mol. The van der Waals surface area contributed by atoms with Crippen LogP contribution in [-0.4, -0.2) is 21.0 Å². The minimum atomic E-state index is -3.58. The lowest BCUT2D eigenvalue weighted by molar-refractivity contribution is 0.570. The minimum Gasteiger partial charge on any atom is -0.328 e. The van der Waals surface area contributed by atoms with E-state index in [1.54, 1.807) is 13.8 Å². The molecule has 1 aromatic rings. The first-order chi connectivity index (χ1) is 7.83. The van der Waals surface area contributed by atoms with Gasteiger partial charge in [-0.3, -0.25) is 0 Å². The first kappa shape index (κ1) is 17.3. The molecule has 0 spiro atoms. The van der Waals surface area contributed by atoms with Gasteiger partial charge in [-0.1, -0.05) is 0 Å². The molecule has 0 aliphatic carbocycles. The van der Waals surface area contributed by atoms with Gasteiger partial charge in [0.15, 0.2) is 0 Å². The van der Waals surface area contributed by atoms with Crippen LogP contribution in [-0.2, 0) is 10.0 Å². The van der Waals surface area contributed by atoms with Gasteiger partial charge in [0.2, 0.25) is 10.0 Å². The van der Waals surface area contributed by atoms with E-state index in [4.69, 9.17) is 5.73 Å². The summed E-state index contributed by atoms with van der Waals surface area (Å²) in [6.07, 6.45) is 0.555. The summed E-state index contributed by atoms with van der Waals surface area (Å²) >= 11 is 0. The predicted molar refractivity (Wildman–Crippen MR) is 71.8 cm³/mol. The summed E-state index contributed by atoms with van der Waals surface area (Å²) in [6, 6.07) is 3.53. The van der Waals surface area contributed by atoms with Crippen molar-refractivity contribution < 1.29 is 12.8 Å². The quantitative estimate of drug-likeness (QED) is 0.866. The molecular weight excluding hydrogens is 279 g/mol. The fourth-order valence-electron chi connectivity index (χ4n) is 1.41. The van der Waals surface area contributed by atoms with E-state index in [2.05, 4.69) is 4.72 Å². The maximum absolute atomic E-state index is 12.9. The Hall–Kier alpha value is -0.690. The van der Waals surface area contributed by atoms with Crippen molar-refractivity contribution in [3.63, 3.8) is 0 Å². The van der Waals surface area contributed by atoms with Crippen LogP contribution < -0.4 is 10.5 Å². The molecule has 4 nitrogen and oxygen atoms in total. The number of hydrogen-bond donors (Lipinski definition) is 2. The molecule has 3 N–H and O–H groups in total. The van der Waals surface area contributed by atoms with Crippen molar-refractivity contribution >= 4 is 22.4 Å². The van der Waals surface area contributed by atoms with Gasteiger partial charge in [-0.2, -0.15) is 0 Å². The van der Waals surface area contributed by atoms with Crippen LogP contribution >= 0.6 is 12.4 Å². The molecule has 7 heteroatoms. The molecule has 1 rings (SSSR count). The van der Waals surface area contributed by atoms with Crippen molar-refractivity contribution in [1.29, 1.82) is 0 Å². The molecule has 18 heavy (non-hydrogen) atoms. The second-order valence-electron chi connectivity index (χ2n) is 4.07. The molecular formula is C11H18ClFN2O2S. The van der Waals surface area contributed by atoms with Crippen LogP contribution in [0.25, 0.3) is 0 Å². The number of nitrogens with two attached hydrogens (primary N) is 1. The standard InChI is InChI=1S/C11H17FN2O2S.ClH/c1-8-7-10(12)3-4-11(8)17(15,16)14-6-5-9(2)13;/h3-4,7,9,14H,5-6,13H2,1-2H3;1H. The molecule has 0 saturated heterocycles. The number of halogens is 2. The van der Waals surface area contributed by atoms with Gasteiger partial charge >= 0.3 is 0 Å². The van der Waals surface area contributed by atoms with Crippen LogP contribution in [0, 0.1) is 12.7 Å². The summed E-state index contributed by atoms with van der Waals surface area (Å²) in [7, 11) is -3.58. The SMILES string of the molecule is Cc1cc(F)ccc1S(=O)(=O)NCCC(C)N.Cl. The second-order valence-corrected chi connectivity index (χ2v) is 5.81. The summed E-state index contributed by atoms with van der Waals surface area (Å²) in [4.78, 5) is 0.101. The Balaban J connectivity index is 0.00000289. The van der Waals surface area contributed by atoms with E-state index in [9.17, 15) is 12.8 Å². The summed E-state index contributed by atoms with van der Waals surface area (Å²) in [5.74, 6) is -0.447. The topological polar surface area (TPSA) is 72.2 Å². The highest BCUT2D eigenvalue weighted by Crippen LogP contribution is 2.15. The summed E-state index contributed by atoms with van der Waals surface area (Å²) in [5, 5.41) is 0. The summed E-state index contributed by atoms with van der Waals surface area (Å²) in [6.45, 7) is 3.64. The molecule has 1 atom stereocenters. The van der Waals surface area contributed by atoms with Gasteiger partial charge in [0.1, 0.15) is 5.82 Å². The zero-order chi connectivity index (χ0) is 13.1. The van der Waals surface area contributed by atoms with Gasteiger partial charge in [-0.05, 0) is 44.0 Å². The lowest BCUT2D eigenvalue weighted by atomic mass is 10.2.